The highest BCUT2D eigenvalue weighted by Crippen LogP contribution is 2.37. The average molecular weight is 1040 g/mol. The van der Waals surface area contributed by atoms with Gasteiger partial charge in [-0.05, 0) is 150 Å². The van der Waals surface area contributed by atoms with E-state index in [1.807, 2.05) is 44.2 Å². The Labute approximate surface area is 446 Å². The van der Waals surface area contributed by atoms with Crippen LogP contribution in [0.3, 0.4) is 0 Å². The van der Waals surface area contributed by atoms with Crippen LogP contribution in [0.1, 0.15) is 149 Å². The van der Waals surface area contributed by atoms with E-state index in [0.717, 1.165) is 64.1 Å². The molecule has 4 aromatic rings. The first-order valence-corrected chi connectivity index (χ1v) is 26.7. The van der Waals surface area contributed by atoms with Crippen LogP contribution >= 0.6 is 0 Å². The van der Waals surface area contributed by atoms with Crippen LogP contribution in [0.25, 0.3) is 0 Å². The predicted molar refractivity (Wildman–Crippen MR) is 287 cm³/mol. The summed E-state index contributed by atoms with van der Waals surface area (Å²) in [6, 6.07) is 20.3. The smallest absolute Gasteiger partial charge is 0.329 e. The summed E-state index contributed by atoms with van der Waals surface area (Å²) in [5.74, 6) is -2.03. The molecule has 3 aliphatic heterocycles. The maximum absolute atomic E-state index is 14.5. The molecule has 0 bridgehead atoms. The summed E-state index contributed by atoms with van der Waals surface area (Å²) in [6.07, 6.45) is 6.60. The van der Waals surface area contributed by atoms with Crippen molar-refractivity contribution in [3.8, 4) is 17.2 Å². The molecular formula is C60H73N5O11. The molecule has 76 heavy (non-hydrogen) atoms. The van der Waals surface area contributed by atoms with E-state index in [9.17, 15) is 33.6 Å². The number of benzene rings is 4. The van der Waals surface area contributed by atoms with E-state index in [1.54, 1.807) is 24.1 Å². The van der Waals surface area contributed by atoms with Crippen molar-refractivity contribution >= 4 is 41.4 Å². The predicted octanol–water partition coefficient (Wildman–Crippen LogP) is 8.36. The third-order valence-electron chi connectivity index (χ3n) is 14.8. The molecule has 0 saturated carbocycles. The Hall–Kier alpha value is -7.49. The van der Waals surface area contributed by atoms with Gasteiger partial charge in [-0.1, -0.05) is 74.9 Å². The number of nitrogens with one attached hydrogen (secondary N) is 3. The summed E-state index contributed by atoms with van der Waals surface area (Å²) in [7, 11) is 1.64. The van der Waals surface area contributed by atoms with Gasteiger partial charge in [0.15, 0.2) is 13.2 Å². The Morgan fingerprint density at radius 2 is 1.43 bits per heavy atom. The average Bonchev–Trinajstić information content (AvgIpc) is 3.68. The van der Waals surface area contributed by atoms with Gasteiger partial charge in [0, 0.05) is 30.9 Å². The highest BCUT2D eigenvalue weighted by Gasteiger charge is 2.45. The minimum atomic E-state index is -0.960. The van der Waals surface area contributed by atoms with Gasteiger partial charge in [-0.2, -0.15) is 0 Å². The lowest BCUT2D eigenvalue weighted by Crippen LogP contribution is -2.51. The fourth-order valence-electron chi connectivity index (χ4n) is 10.4. The van der Waals surface area contributed by atoms with Crippen LogP contribution in [0, 0.1) is 27.7 Å². The number of amides is 6. The third-order valence-corrected chi connectivity index (χ3v) is 14.8. The number of likely N-dealkylation sites (tertiary alicyclic amines) is 1. The number of carbonyl (C=O) groups excluding carboxylic acids is 7. The second-order valence-corrected chi connectivity index (χ2v) is 20.1. The molecule has 16 nitrogen and oxygen atoms in total. The van der Waals surface area contributed by atoms with Crippen LogP contribution in [-0.2, 0) is 35.1 Å². The van der Waals surface area contributed by atoms with Crippen LogP contribution in [0.2, 0.25) is 0 Å². The molecule has 7 rings (SSSR count). The van der Waals surface area contributed by atoms with E-state index in [2.05, 4.69) is 61.5 Å². The number of para-hydroxylation sites is 1. The van der Waals surface area contributed by atoms with Crippen LogP contribution in [0.15, 0.2) is 85.1 Å². The second-order valence-electron chi connectivity index (χ2n) is 20.1. The van der Waals surface area contributed by atoms with Crippen molar-refractivity contribution in [1.29, 1.82) is 0 Å². The Morgan fingerprint density at radius 1 is 0.763 bits per heavy atom. The van der Waals surface area contributed by atoms with E-state index in [-0.39, 0.29) is 48.3 Å². The molecule has 0 spiro atoms. The molecule has 4 aromatic carbocycles. The Balaban J connectivity index is 0.882. The van der Waals surface area contributed by atoms with Gasteiger partial charge in [0.05, 0.1) is 24.2 Å². The number of aryl methyl sites for hydroxylation is 4. The van der Waals surface area contributed by atoms with Crippen molar-refractivity contribution in [1.82, 2.24) is 25.8 Å². The lowest BCUT2D eigenvalue weighted by molar-refractivity contribution is -0.162. The molecule has 3 N–H and O–H groups in total. The molecule has 2 saturated heterocycles. The van der Waals surface area contributed by atoms with Gasteiger partial charge >= 0.3 is 5.97 Å². The van der Waals surface area contributed by atoms with Gasteiger partial charge in [0.25, 0.3) is 23.6 Å². The summed E-state index contributed by atoms with van der Waals surface area (Å²) >= 11 is 0. The van der Waals surface area contributed by atoms with Gasteiger partial charge in [-0.25, -0.2) is 4.79 Å². The lowest BCUT2D eigenvalue weighted by atomic mass is 9.89. The number of allylic oxidation sites excluding steroid dienone is 1. The van der Waals surface area contributed by atoms with Crippen LogP contribution < -0.4 is 30.2 Å². The highest BCUT2D eigenvalue weighted by atomic mass is 16.5. The van der Waals surface area contributed by atoms with Gasteiger partial charge < -0.3 is 39.8 Å². The summed E-state index contributed by atoms with van der Waals surface area (Å²) in [6.45, 7) is 14.6. The van der Waals surface area contributed by atoms with Gasteiger partial charge in [0.1, 0.15) is 35.4 Å². The summed E-state index contributed by atoms with van der Waals surface area (Å²) in [5.41, 5.74) is 7.75. The van der Waals surface area contributed by atoms with E-state index in [1.165, 1.54) is 17.7 Å². The molecule has 1 unspecified atom stereocenters. The number of hydrogen-bond donors (Lipinski definition) is 3. The van der Waals surface area contributed by atoms with E-state index in [4.69, 9.17) is 18.9 Å². The van der Waals surface area contributed by atoms with Crippen molar-refractivity contribution in [3.63, 3.8) is 0 Å². The SMILES string of the molecule is C=C1CCC(N2C(=O)c3cccc(OCC(=O)NCCCCCCNC(=O)COc4ccccc4[C@@H](CCc4ccc(OC)c(C)c4)OC(=O)[C@@H]4CCCCN4C(=O)[C@@H](CC)c4cc(C)c(C)c(C)c4)c3C2=O)C(=O)N1. The first kappa shape index (κ1) is 56.2. The van der Waals surface area contributed by atoms with Crippen LogP contribution in [0.5, 0.6) is 17.2 Å². The standard InChI is InChI=1S/C60H73N5O11/c1-8-44(43-33-37(2)41(6)38(3)34-43)57(69)64-31-16-13-20-48(64)60(72)76-51(28-25-42-24-27-49(73-7)39(4)32-42)45-18-11-12-21-50(45)74-35-53(66)61-29-14-9-10-15-30-62-54(67)36-75-52-22-17-19-46-55(52)59(71)65(58(46)70)47-26-23-40(5)63-56(47)68/h11-12,17-19,21-22,24,27,32-34,44,47-48,51H,5,8-10,13-16,20,23,25-26,28-31,35-36H2,1-4,6-7H3,(H,61,66)(H,62,67)(H,63,68)/t44-,47?,48-,51+/m0/s1. The molecule has 0 radical (unpaired) electrons. The molecule has 404 valence electrons. The molecular weight excluding hydrogens is 967 g/mol. The molecule has 2 fully saturated rings. The van der Waals surface area contributed by atoms with Crippen LogP contribution in [-0.4, -0.2) is 103 Å². The Morgan fingerprint density at radius 3 is 2.09 bits per heavy atom. The number of unbranched alkanes of at least 4 members (excludes halogenated alkanes) is 3. The molecule has 0 aliphatic carbocycles. The second kappa shape index (κ2) is 26.3. The van der Waals surface area contributed by atoms with E-state index < -0.39 is 53.7 Å². The first-order valence-electron chi connectivity index (χ1n) is 26.7. The fourth-order valence-corrected chi connectivity index (χ4v) is 10.4. The summed E-state index contributed by atoms with van der Waals surface area (Å²) < 4.78 is 23.8. The summed E-state index contributed by atoms with van der Waals surface area (Å²) in [4.78, 5) is 96.6. The molecule has 4 atom stereocenters. The van der Waals surface area contributed by atoms with Crippen LogP contribution in [0.4, 0.5) is 0 Å². The number of rotatable bonds is 24. The monoisotopic (exact) mass is 1040 g/mol. The number of fused-ring (bicyclic) bond motifs is 1. The zero-order valence-corrected chi connectivity index (χ0v) is 44.9. The van der Waals surface area contributed by atoms with Crippen molar-refractivity contribution < 1.29 is 52.5 Å². The number of ether oxygens (including phenoxy) is 4. The van der Waals surface area contributed by atoms with Gasteiger partial charge in [-0.3, -0.25) is 33.7 Å². The number of piperidine rings is 2. The van der Waals surface area contributed by atoms with Crippen molar-refractivity contribution in [2.75, 3.05) is 40.0 Å². The number of imide groups is 1. The molecule has 3 aliphatic rings. The number of carbonyl (C=O) groups is 7. The minimum Gasteiger partial charge on any atom is -0.496 e. The number of esters is 1. The topological polar surface area (TPSA) is 199 Å². The van der Waals surface area contributed by atoms with Crippen molar-refractivity contribution in [2.24, 2.45) is 0 Å². The molecule has 16 heteroatoms. The van der Waals surface area contributed by atoms with Crippen molar-refractivity contribution in [3.05, 3.63) is 135 Å². The Bertz CT molecular complexity index is 2800. The first-order chi connectivity index (χ1) is 36.6. The number of hydrogen-bond acceptors (Lipinski definition) is 11. The summed E-state index contributed by atoms with van der Waals surface area (Å²) in [5, 5.41) is 8.35. The zero-order chi connectivity index (χ0) is 54.5. The molecule has 6 amide bonds. The van der Waals surface area contributed by atoms with Gasteiger partial charge in [0.2, 0.25) is 11.8 Å². The third kappa shape index (κ3) is 13.7. The fraction of sp³-hybridized carbons (Fsp3) is 0.450. The zero-order valence-electron chi connectivity index (χ0n) is 44.9. The minimum absolute atomic E-state index is 0.0292. The normalized spacial score (nSPS) is 17.1. The largest absolute Gasteiger partial charge is 0.496 e. The Kier molecular flexibility index (Phi) is 19.5. The lowest BCUT2D eigenvalue weighted by Gasteiger charge is -2.37. The van der Waals surface area contributed by atoms with Crippen molar-refractivity contribution in [2.45, 2.75) is 136 Å². The molecule has 3 heterocycles. The quantitative estimate of drug-likeness (QED) is 0.0346. The number of nitrogens with zero attached hydrogens (tertiary/aromatic N) is 2. The maximum atomic E-state index is 14.5. The molecule has 0 aromatic heterocycles. The maximum Gasteiger partial charge on any atom is 0.329 e. The van der Waals surface area contributed by atoms with E-state index >= 15 is 0 Å². The van der Waals surface area contributed by atoms with Gasteiger partial charge in [-0.15, -0.1) is 0 Å². The van der Waals surface area contributed by atoms with E-state index in [0.29, 0.717) is 81.6 Å². The highest BCUT2D eigenvalue weighted by molar-refractivity contribution is 6.24. The number of methoxy groups -OCH3 is 1.